The summed E-state index contributed by atoms with van der Waals surface area (Å²) in [4.78, 5) is 22.4. The van der Waals surface area contributed by atoms with Gasteiger partial charge in [-0.1, -0.05) is 5.21 Å². The van der Waals surface area contributed by atoms with E-state index < -0.39 is 5.97 Å². The van der Waals surface area contributed by atoms with Gasteiger partial charge in [0.1, 0.15) is 12.3 Å². The number of anilines is 1. The molecule has 8 heteroatoms. The van der Waals surface area contributed by atoms with Crippen molar-refractivity contribution in [2.45, 2.75) is 6.54 Å². The molecule has 1 amide bonds. The predicted molar refractivity (Wildman–Crippen MR) is 68.6 cm³/mol. The standard InChI is InChI=1S/C12H12N4O4/c1-20-9-4-2-8(3-5-9)12(19)13-10-6-16(15-14-10)7-11(17)18/h2-6H,7H2,1H3,(H,13,19)(H,17,18). The Hall–Kier alpha value is -2.90. The van der Waals surface area contributed by atoms with Crippen LogP contribution in [0.1, 0.15) is 10.4 Å². The minimum absolute atomic E-state index is 0.187. The highest BCUT2D eigenvalue weighted by Crippen LogP contribution is 2.12. The summed E-state index contributed by atoms with van der Waals surface area (Å²) in [5, 5.41) is 18.4. The van der Waals surface area contributed by atoms with Crippen LogP contribution < -0.4 is 10.1 Å². The van der Waals surface area contributed by atoms with Crippen molar-refractivity contribution in [2.24, 2.45) is 0 Å². The van der Waals surface area contributed by atoms with Gasteiger partial charge in [0.15, 0.2) is 5.82 Å². The van der Waals surface area contributed by atoms with Gasteiger partial charge in [-0.3, -0.25) is 9.59 Å². The molecule has 0 unspecified atom stereocenters. The number of nitrogens with zero attached hydrogens (tertiary/aromatic N) is 3. The quantitative estimate of drug-likeness (QED) is 0.829. The van der Waals surface area contributed by atoms with Gasteiger partial charge < -0.3 is 15.2 Å². The second kappa shape index (κ2) is 5.83. The largest absolute Gasteiger partial charge is 0.497 e. The Labute approximate surface area is 114 Å². The van der Waals surface area contributed by atoms with Gasteiger partial charge in [-0.05, 0) is 24.3 Å². The van der Waals surface area contributed by atoms with Crippen LogP contribution in [-0.2, 0) is 11.3 Å². The maximum atomic E-state index is 11.9. The topological polar surface area (TPSA) is 106 Å². The fourth-order valence-corrected chi connectivity index (χ4v) is 1.50. The van der Waals surface area contributed by atoms with Gasteiger partial charge in [0.2, 0.25) is 0 Å². The fourth-order valence-electron chi connectivity index (χ4n) is 1.50. The van der Waals surface area contributed by atoms with Gasteiger partial charge >= 0.3 is 5.97 Å². The molecule has 0 aliphatic carbocycles. The third-order valence-electron chi connectivity index (χ3n) is 2.43. The third-order valence-corrected chi connectivity index (χ3v) is 2.43. The number of hydrogen-bond acceptors (Lipinski definition) is 5. The van der Waals surface area contributed by atoms with Crippen molar-refractivity contribution in [3.63, 3.8) is 0 Å². The minimum atomic E-state index is -1.04. The molecule has 1 heterocycles. The molecule has 20 heavy (non-hydrogen) atoms. The first-order valence-electron chi connectivity index (χ1n) is 5.66. The smallest absolute Gasteiger partial charge is 0.325 e. The zero-order chi connectivity index (χ0) is 14.5. The number of carboxylic acids is 1. The zero-order valence-electron chi connectivity index (χ0n) is 10.6. The van der Waals surface area contributed by atoms with Gasteiger partial charge in [-0.2, -0.15) is 0 Å². The molecule has 2 rings (SSSR count). The average molecular weight is 276 g/mol. The van der Waals surface area contributed by atoms with Crippen molar-refractivity contribution >= 4 is 17.7 Å². The number of carboxylic acid groups (broad SMARTS) is 1. The van der Waals surface area contributed by atoms with E-state index in [9.17, 15) is 9.59 Å². The number of hydrogen-bond donors (Lipinski definition) is 2. The second-order valence-corrected chi connectivity index (χ2v) is 3.88. The number of aliphatic carboxylic acids is 1. The zero-order valence-corrected chi connectivity index (χ0v) is 10.6. The van der Waals surface area contributed by atoms with Crippen LogP contribution in [0.25, 0.3) is 0 Å². The number of nitrogens with one attached hydrogen (secondary N) is 1. The fraction of sp³-hybridized carbons (Fsp3) is 0.167. The van der Waals surface area contributed by atoms with Crippen LogP contribution >= 0.6 is 0 Å². The van der Waals surface area contributed by atoms with Crippen molar-refractivity contribution in [1.29, 1.82) is 0 Å². The normalized spacial score (nSPS) is 10.1. The van der Waals surface area contributed by atoms with E-state index in [-0.39, 0.29) is 18.3 Å². The van der Waals surface area contributed by atoms with Crippen LogP contribution in [-0.4, -0.2) is 39.1 Å². The molecule has 1 aromatic heterocycles. The molecule has 2 N–H and O–H groups in total. The lowest BCUT2D eigenvalue weighted by Gasteiger charge is -2.03. The van der Waals surface area contributed by atoms with E-state index in [4.69, 9.17) is 9.84 Å². The molecule has 0 radical (unpaired) electrons. The van der Waals surface area contributed by atoms with Gasteiger partial charge in [0.05, 0.1) is 13.3 Å². The number of benzene rings is 1. The Morgan fingerprint density at radius 3 is 2.65 bits per heavy atom. The molecule has 0 fully saturated rings. The Balaban J connectivity index is 2.03. The van der Waals surface area contributed by atoms with Crippen molar-refractivity contribution in [3.8, 4) is 5.75 Å². The lowest BCUT2D eigenvalue weighted by Crippen LogP contribution is -2.12. The van der Waals surface area contributed by atoms with Crippen LogP contribution in [0.2, 0.25) is 0 Å². The van der Waals surface area contributed by atoms with Gasteiger partial charge in [0, 0.05) is 5.56 Å². The summed E-state index contributed by atoms with van der Waals surface area (Å²) in [7, 11) is 1.54. The molecule has 8 nitrogen and oxygen atoms in total. The van der Waals surface area contributed by atoms with E-state index in [1.54, 1.807) is 24.3 Å². The van der Waals surface area contributed by atoms with Crippen LogP contribution in [0.4, 0.5) is 5.82 Å². The lowest BCUT2D eigenvalue weighted by molar-refractivity contribution is -0.137. The van der Waals surface area contributed by atoms with E-state index in [0.29, 0.717) is 11.3 Å². The summed E-state index contributed by atoms with van der Waals surface area (Å²) in [6.07, 6.45) is 1.34. The molecule has 0 aliphatic rings. The number of aromatic nitrogens is 3. The molecule has 0 saturated carbocycles. The monoisotopic (exact) mass is 276 g/mol. The number of carbonyl (C=O) groups is 2. The van der Waals surface area contributed by atoms with E-state index in [1.165, 1.54) is 13.3 Å². The number of carbonyl (C=O) groups excluding carboxylic acids is 1. The molecule has 104 valence electrons. The number of ether oxygens (including phenoxy) is 1. The lowest BCUT2D eigenvalue weighted by atomic mass is 10.2. The minimum Gasteiger partial charge on any atom is -0.497 e. The maximum Gasteiger partial charge on any atom is 0.325 e. The molecular formula is C12H12N4O4. The summed E-state index contributed by atoms with van der Waals surface area (Å²) in [6, 6.07) is 6.54. The van der Waals surface area contributed by atoms with Crippen LogP contribution in [0, 0.1) is 0 Å². The van der Waals surface area contributed by atoms with Gasteiger partial charge in [0.25, 0.3) is 5.91 Å². The molecule has 0 saturated heterocycles. The Morgan fingerprint density at radius 1 is 1.35 bits per heavy atom. The first-order valence-corrected chi connectivity index (χ1v) is 5.66. The highest BCUT2D eigenvalue weighted by molar-refractivity contribution is 6.03. The summed E-state index contributed by atoms with van der Waals surface area (Å²) in [5.74, 6) is -0.570. The highest BCUT2D eigenvalue weighted by atomic mass is 16.5. The molecule has 0 spiro atoms. The number of amides is 1. The summed E-state index contributed by atoms with van der Waals surface area (Å²) < 4.78 is 6.11. The van der Waals surface area contributed by atoms with Crippen molar-refractivity contribution < 1.29 is 19.4 Å². The van der Waals surface area contributed by atoms with Crippen molar-refractivity contribution in [2.75, 3.05) is 12.4 Å². The first kappa shape index (κ1) is 13.5. The highest BCUT2D eigenvalue weighted by Gasteiger charge is 2.09. The number of rotatable bonds is 5. The summed E-state index contributed by atoms with van der Waals surface area (Å²) in [6.45, 7) is -0.314. The van der Waals surface area contributed by atoms with E-state index >= 15 is 0 Å². The summed E-state index contributed by atoms with van der Waals surface area (Å²) in [5.41, 5.74) is 0.429. The van der Waals surface area contributed by atoms with Crippen LogP contribution in [0.3, 0.4) is 0 Å². The van der Waals surface area contributed by atoms with Crippen LogP contribution in [0.5, 0.6) is 5.75 Å². The SMILES string of the molecule is COc1ccc(C(=O)Nc2cn(CC(=O)O)nn2)cc1. The molecule has 0 bridgehead atoms. The third kappa shape index (κ3) is 3.31. The van der Waals surface area contributed by atoms with E-state index in [0.717, 1.165) is 4.68 Å². The average Bonchev–Trinajstić information content (AvgIpc) is 2.85. The van der Waals surface area contributed by atoms with Crippen molar-refractivity contribution in [3.05, 3.63) is 36.0 Å². The van der Waals surface area contributed by atoms with E-state index in [2.05, 4.69) is 15.6 Å². The van der Waals surface area contributed by atoms with Crippen molar-refractivity contribution in [1.82, 2.24) is 15.0 Å². The Bertz CT molecular complexity index is 621. The second-order valence-electron chi connectivity index (χ2n) is 3.88. The molecule has 0 aliphatic heterocycles. The van der Waals surface area contributed by atoms with E-state index in [1.807, 2.05) is 0 Å². The molecule has 1 aromatic carbocycles. The number of methoxy groups -OCH3 is 1. The Kier molecular flexibility index (Phi) is 3.94. The first-order chi connectivity index (χ1) is 9.58. The molecular weight excluding hydrogens is 264 g/mol. The maximum absolute atomic E-state index is 11.9. The van der Waals surface area contributed by atoms with Gasteiger partial charge in [-0.25, -0.2) is 4.68 Å². The molecule has 2 aromatic rings. The van der Waals surface area contributed by atoms with Gasteiger partial charge in [-0.15, -0.1) is 5.10 Å². The Morgan fingerprint density at radius 2 is 2.05 bits per heavy atom. The summed E-state index contributed by atoms with van der Waals surface area (Å²) >= 11 is 0. The van der Waals surface area contributed by atoms with Crippen LogP contribution in [0.15, 0.2) is 30.5 Å². The molecule has 0 atom stereocenters. The predicted octanol–water partition coefficient (Wildman–Crippen LogP) is 0.624.